The highest BCUT2D eigenvalue weighted by atomic mass is 35.6. The molecule has 2 heterocycles. The van der Waals surface area contributed by atoms with E-state index in [1.165, 1.54) is 38.2 Å². The number of nitrogens with one attached hydrogen (secondary N) is 2. The van der Waals surface area contributed by atoms with Crippen LogP contribution in [0.5, 0.6) is 0 Å². The number of alkyl halides is 3. The molecular formula is C47H73Cl3N2O13. The number of benzene rings is 1. The van der Waals surface area contributed by atoms with Crippen molar-refractivity contribution in [1.29, 1.82) is 0 Å². The van der Waals surface area contributed by atoms with Gasteiger partial charge in [0.2, 0.25) is 3.79 Å². The average Bonchev–Trinajstić information content (AvgIpc) is 3.25. The fraction of sp³-hybridized carbons (Fsp3) is 0.745. The molecule has 2 aliphatic heterocycles. The van der Waals surface area contributed by atoms with Crippen molar-refractivity contribution in [3.63, 3.8) is 0 Å². The topological polar surface area (TPSA) is 175 Å². The molecule has 7 atom stereocenters. The van der Waals surface area contributed by atoms with Crippen LogP contribution < -0.4 is 10.6 Å². The van der Waals surface area contributed by atoms with Gasteiger partial charge in [0.15, 0.2) is 18.2 Å². The maximum atomic E-state index is 14.1. The van der Waals surface area contributed by atoms with E-state index in [1.54, 1.807) is 13.8 Å². The van der Waals surface area contributed by atoms with E-state index in [0.29, 0.717) is 12.8 Å². The lowest BCUT2D eigenvalue weighted by Gasteiger charge is -2.50. The number of carbonyl (C=O) groups excluding carboxylic acids is 4. The van der Waals surface area contributed by atoms with Gasteiger partial charge in [-0.3, -0.25) is 9.59 Å². The van der Waals surface area contributed by atoms with Crippen LogP contribution in [0, 0.1) is 0 Å². The van der Waals surface area contributed by atoms with Crippen molar-refractivity contribution in [1.82, 2.24) is 10.6 Å². The first-order chi connectivity index (χ1) is 31.1. The third-order valence-electron chi connectivity index (χ3n) is 10.7. The number of amides is 2. The molecule has 370 valence electrons. The van der Waals surface area contributed by atoms with Crippen molar-refractivity contribution < 1.29 is 61.8 Å². The van der Waals surface area contributed by atoms with Gasteiger partial charge in [0.05, 0.1) is 38.9 Å². The summed E-state index contributed by atoms with van der Waals surface area (Å²) in [4.78, 5) is 53.3. The predicted molar refractivity (Wildman–Crippen MR) is 248 cm³/mol. The van der Waals surface area contributed by atoms with Crippen LogP contribution in [0.3, 0.4) is 0 Å². The second-order valence-corrected chi connectivity index (χ2v) is 19.5. The molecule has 0 spiro atoms. The molecule has 2 fully saturated rings. The quantitative estimate of drug-likeness (QED) is 0.0237. The highest BCUT2D eigenvalue weighted by Crippen LogP contribution is 2.35. The Bertz CT molecular complexity index is 1540. The minimum absolute atomic E-state index is 0.00260. The Kier molecular flexibility index (Phi) is 27.1. The third-order valence-corrected chi connectivity index (χ3v) is 11.0. The molecule has 0 radical (unpaired) electrons. The van der Waals surface area contributed by atoms with Gasteiger partial charge in [-0.25, -0.2) is 9.59 Å². The lowest BCUT2D eigenvalue weighted by atomic mass is 9.95. The summed E-state index contributed by atoms with van der Waals surface area (Å²) in [6.45, 7) is 10.6. The zero-order valence-corrected chi connectivity index (χ0v) is 41.0. The number of rotatable bonds is 31. The van der Waals surface area contributed by atoms with Crippen LogP contribution in [-0.4, -0.2) is 110 Å². The maximum absolute atomic E-state index is 14.1. The van der Waals surface area contributed by atoms with Crippen LogP contribution >= 0.6 is 34.8 Å². The smallest absolute Gasteiger partial charge is 0.407 e. The molecule has 0 unspecified atom stereocenters. The van der Waals surface area contributed by atoms with Gasteiger partial charge in [0.25, 0.3) is 0 Å². The van der Waals surface area contributed by atoms with Gasteiger partial charge in [-0.1, -0.05) is 162 Å². The average molecular weight is 980 g/mol. The summed E-state index contributed by atoms with van der Waals surface area (Å²) in [6, 6.07) is 7.35. The van der Waals surface area contributed by atoms with Crippen LogP contribution in [0.4, 0.5) is 9.59 Å². The SMILES string of the molecule is C=CCOC(=O)N[C@@H](COCc1ccccc1)CO[C@@H]1O[C@@H]2COC(C)(C)O[C@H]2[C@H](OC(=O)C[C@@H](CCCCCCCCCCC)OC(=O)CCCCCC)[C@H]1NC(=O)OCC(Cl)(Cl)Cl. The summed E-state index contributed by atoms with van der Waals surface area (Å²) < 4.78 is 51.5. The van der Waals surface area contributed by atoms with Gasteiger partial charge in [-0.2, -0.15) is 0 Å². The number of carbonyl (C=O) groups is 4. The number of esters is 2. The van der Waals surface area contributed by atoms with Crippen molar-refractivity contribution in [3.05, 3.63) is 48.6 Å². The number of halogens is 3. The zero-order chi connectivity index (χ0) is 47.5. The number of hydrogen-bond acceptors (Lipinski definition) is 13. The summed E-state index contributed by atoms with van der Waals surface area (Å²) in [6.07, 6.45) is 8.45. The lowest BCUT2D eigenvalue weighted by molar-refractivity contribution is -0.369. The summed E-state index contributed by atoms with van der Waals surface area (Å²) in [5, 5.41) is 5.41. The van der Waals surface area contributed by atoms with E-state index in [2.05, 4.69) is 31.1 Å². The molecule has 3 rings (SSSR count). The van der Waals surface area contributed by atoms with Crippen molar-refractivity contribution in [3.8, 4) is 0 Å². The normalized spacial score (nSPS) is 21.2. The van der Waals surface area contributed by atoms with E-state index < -0.39 is 77.1 Å². The molecule has 1 aromatic carbocycles. The largest absolute Gasteiger partial charge is 0.462 e. The summed E-state index contributed by atoms with van der Waals surface area (Å²) >= 11 is 17.7. The van der Waals surface area contributed by atoms with Crippen molar-refractivity contribution in [2.24, 2.45) is 0 Å². The summed E-state index contributed by atoms with van der Waals surface area (Å²) in [5.41, 5.74) is 0.905. The molecule has 65 heavy (non-hydrogen) atoms. The van der Waals surface area contributed by atoms with E-state index in [0.717, 1.165) is 50.5 Å². The standard InChI is InChI=1S/C47H73Cl3N2O13/c1-6-9-11-13-14-15-16-17-21-25-36(62-38(53)26-22-12-10-7-2)28-39(54)64-42-40(52-45(56)60-33-47(48,49)50)43(63-37-32-61-46(4,5)65-41(37)42)59-31-35(51-44(55)58-27-8-3)30-57-29-34-23-19-18-20-24-34/h8,18-20,23-24,35-37,40-43H,3,6-7,9-17,21-22,25-33H2,1-2,4-5H3,(H,51,55)(H,52,56)/t35-,36+,37+,40+,41+,42+,43+/m0/s1. The third kappa shape index (κ3) is 24.1. The molecule has 0 bridgehead atoms. The first kappa shape index (κ1) is 56.4. The molecule has 2 amide bonds. The number of unbranched alkanes of at least 4 members (excludes halogenated alkanes) is 11. The number of fused-ring (bicyclic) bond motifs is 1. The van der Waals surface area contributed by atoms with Gasteiger partial charge in [0, 0.05) is 6.42 Å². The molecule has 0 saturated carbocycles. The van der Waals surface area contributed by atoms with E-state index in [9.17, 15) is 19.2 Å². The molecule has 2 aliphatic rings. The van der Waals surface area contributed by atoms with E-state index in [-0.39, 0.29) is 51.8 Å². The zero-order valence-electron chi connectivity index (χ0n) is 38.7. The molecule has 1 aromatic rings. The minimum Gasteiger partial charge on any atom is -0.462 e. The monoisotopic (exact) mass is 978 g/mol. The second-order valence-electron chi connectivity index (χ2n) is 17.0. The summed E-state index contributed by atoms with van der Waals surface area (Å²) in [5.74, 6) is -2.22. The van der Waals surface area contributed by atoms with E-state index in [1.807, 2.05) is 30.3 Å². The molecule has 0 aliphatic carbocycles. The number of hydrogen-bond donors (Lipinski definition) is 2. The number of alkyl carbamates (subject to hydrolysis) is 2. The first-order valence-corrected chi connectivity index (χ1v) is 24.4. The van der Waals surface area contributed by atoms with Crippen molar-refractivity contribution in [2.75, 3.05) is 33.0 Å². The van der Waals surface area contributed by atoms with Crippen LogP contribution in [0.15, 0.2) is 43.0 Å². The van der Waals surface area contributed by atoms with Gasteiger partial charge in [0.1, 0.15) is 37.6 Å². The van der Waals surface area contributed by atoms with E-state index >= 15 is 0 Å². The van der Waals surface area contributed by atoms with Gasteiger partial charge in [-0.15, -0.1) is 0 Å². The Hall–Kier alpha value is -2.89. The lowest BCUT2D eigenvalue weighted by Crippen LogP contribution is -2.69. The second kappa shape index (κ2) is 31.2. The highest BCUT2D eigenvalue weighted by molar-refractivity contribution is 6.67. The Morgan fingerprint density at radius 1 is 0.877 bits per heavy atom. The molecular weight excluding hydrogens is 907 g/mol. The Labute approximate surface area is 400 Å². The predicted octanol–water partition coefficient (Wildman–Crippen LogP) is 9.95. The maximum Gasteiger partial charge on any atom is 0.407 e. The van der Waals surface area contributed by atoms with Crippen molar-refractivity contribution >= 4 is 58.9 Å². The fourth-order valence-corrected chi connectivity index (χ4v) is 7.54. The van der Waals surface area contributed by atoms with E-state index in [4.69, 9.17) is 77.4 Å². The Balaban J connectivity index is 1.86. The highest BCUT2D eigenvalue weighted by Gasteiger charge is 2.54. The minimum atomic E-state index is -1.93. The Morgan fingerprint density at radius 2 is 1.54 bits per heavy atom. The molecule has 15 nitrogen and oxygen atoms in total. The number of ether oxygens (including phenoxy) is 9. The first-order valence-electron chi connectivity index (χ1n) is 23.3. The van der Waals surface area contributed by atoms with Crippen molar-refractivity contribution in [2.45, 2.75) is 189 Å². The van der Waals surface area contributed by atoms with Crippen LogP contribution in [0.1, 0.15) is 136 Å². The summed E-state index contributed by atoms with van der Waals surface area (Å²) in [7, 11) is 0. The Morgan fingerprint density at radius 3 is 2.20 bits per heavy atom. The van der Waals surface area contributed by atoms with Gasteiger partial charge >= 0.3 is 24.1 Å². The fourth-order valence-electron chi connectivity index (χ4n) is 7.38. The van der Waals surface area contributed by atoms with Crippen LogP contribution in [-0.2, 0) is 58.8 Å². The van der Waals surface area contributed by atoms with Crippen LogP contribution in [0.25, 0.3) is 0 Å². The molecule has 18 heteroatoms. The van der Waals surface area contributed by atoms with Gasteiger partial charge < -0.3 is 53.3 Å². The molecule has 2 N–H and O–H groups in total. The van der Waals surface area contributed by atoms with Crippen LogP contribution in [0.2, 0.25) is 0 Å². The molecule has 2 saturated heterocycles. The molecule has 0 aromatic heterocycles. The van der Waals surface area contributed by atoms with Gasteiger partial charge in [-0.05, 0) is 38.7 Å².